The first-order valence-electron chi connectivity index (χ1n) is 8.84. The maximum atomic E-state index is 12.3. The number of thioether (sulfide) groups is 1. The van der Waals surface area contributed by atoms with Crippen molar-refractivity contribution in [1.82, 2.24) is 20.1 Å². The van der Waals surface area contributed by atoms with Crippen LogP contribution < -0.4 is 10.6 Å². The van der Waals surface area contributed by atoms with Crippen LogP contribution in [0.4, 0.5) is 5.69 Å². The molecule has 0 fully saturated rings. The summed E-state index contributed by atoms with van der Waals surface area (Å²) >= 11 is 7.31. The molecule has 3 rings (SSSR count). The van der Waals surface area contributed by atoms with Crippen LogP contribution in [0.3, 0.4) is 0 Å². The van der Waals surface area contributed by atoms with Crippen molar-refractivity contribution in [3.8, 4) is 0 Å². The monoisotopic (exact) mass is 429 g/mol. The Morgan fingerprint density at radius 3 is 2.55 bits per heavy atom. The fourth-order valence-corrected chi connectivity index (χ4v) is 3.44. The molecule has 0 saturated carbocycles. The highest BCUT2D eigenvalue weighted by Gasteiger charge is 2.14. The van der Waals surface area contributed by atoms with Crippen molar-refractivity contribution in [3.63, 3.8) is 0 Å². The van der Waals surface area contributed by atoms with Gasteiger partial charge in [0.2, 0.25) is 5.91 Å². The average molecular weight is 430 g/mol. The number of hydrogen-bond acceptors (Lipinski definition) is 5. The Bertz CT molecular complexity index is 1020. The SMILES string of the molecule is Cc1ccc(NC(=O)CSc2nnc(CNC(=O)c3ccccc3Cl)n2C)cc1. The Morgan fingerprint density at radius 2 is 1.83 bits per heavy atom. The zero-order valence-corrected chi connectivity index (χ0v) is 17.5. The van der Waals surface area contributed by atoms with E-state index in [1.165, 1.54) is 11.8 Å². The molecule has 0 radical (unpaired) electrons. The van der Waals surface area contributed by atoms with Crippen LogP contribution in [0, 0.1) is 6.92 Å². The number of nitrogens with one attached hydrogen (secondary N) is 2. The average Bonchev–Trinajstić information content (AvgIpc) is 3.06. The molecule has 2 aromatic carbocycles. The third kappa shape index (κ3) is 5.58. The zero-order chi connectivity index (χ0) is 20.8. The van der Waals surface area contributed by atoms with E-state index in [1.54, 1.807) is 35.9 Å². The van der Waals surface area contributed by atoms with Crippen LogP contribution in [-0.4, -0.2) is 32.3 Å². The first-order chi connectivity index (χ1) is 13.9. The Balaban J connectivity index is 1.52. The van der Waals surface area contributed by atoms with Gasteiger partial charge in [0.25, 0.3) is 5.91 Å². The second kappa shape index (κ2) is 9.58. The van der Waals surface area contributed by atoms with Gasteiger partial charge in [0.1, 0.15) is 0 Å². The fraction of sp³-hybridized carbons (Fsp3) is 0.200. The topological polar surface area (TPSA) is 88.9 Å². The predicted molar refractivity (Wildman–Crippen MR) is 114 cm³/mol. The maximum Gasteiger partial charge on any atom is 0.253 e. The summed E-state index contributed by atoms with van der Waals surface area (Å²) in [4.78, 5) is 24.4. The van der Waals surface area contributed by atoms with Crippen LogP contribution in [0.15, 0.2) is 53.7 Å². The summed E-state index contributed by atoms with van der Waals surface area (Å²) in [6.07, 6.45) is 0. The van der Waals surface area contributed by atoms with Gasteiger partial charge < -0.3 is 15.2 Å². The molecule has 0 saturated heterocycles. The Morgan fingerprint density at radius 1 is 1.10 bits per heavy atom. The molecule has 0 aliphatic rings. The van der Waals surface area contributed by atoms with E-state index < -0.39 is 0 Å². The van der Waals surface area contributed by atoms with Crippen molar-refractivity contribution in [2.24, 2.45) is 7.05 Å². The molecule has 1 aromatic heterocycles. The van der Waals surface area contributed by atoms with Crippen molar-refractivity contribution in [2.45, 2.75) is 18.6 Å². The molecule has 0 bridgehead atoms. The first kappa shape index (κ1) is 20.9. The Labute approximate surface area is 177 Å². The van der Waals surface area contributed by atoms with Crippen LogP contribution in [-0.2, 0) is 18.4 Å². The van der Waals surface area contributed by atoms with Gasteiger partial charge in [-0.1, -0.05) is 53.2 Å². The number of rotatable bonds is 7. The van der Waals surface area contributed by atoms with E-state index in [1.807, 2.05) is 31.2 Å². The van der Waals surface area contributed by atoms with Crippen molar-refractivity contribution in [1.29, 1.82) is 0 Å². The molecule has 150 valence electrons. The lowest BCUT2D eigenvalue weighted by molar-refractivity contribution is -0.113. The molecule has 0 aliphatic heterocycles. The van der Waals surface area contributed by atoms with Crippen molar-refractivity contribution in [3.05, 3.63) is 70.5 Å². The molecule has 0 atom stereocenters. The number of nitrogens with zero attached hydrogens (tertiary/aromatic N) is 3. The number of benzene rings is 2. The van der Waals surface area contributed by atoms with E-state index in [0.717, 1.165) is 11.3 Å². The molecule has 2 amide bonds. The molecule has 9 heteroatoms. The van der Waals surface area contributed by atoms with Gasteiger partial charge in [0.15, 0.2) is 11.0 Å². The summed E-state index contributed by atoms with van der Waals surface area (Å²) < 4.78 is 1.75. The molecule has 0 spiro atoms. The second-order valence-electron chi connectivity index (χ2n) is 6.32. The molecule has 7 nitrogen and oxygen atoms in total. The molecule has 2 N–H and O–H groups in total. The highest BCUT2D eigenvalue weighted by atomic mass is 35.5. The summed E-state index contributed by atoms with van der Waals surface area (Å²) in [5, 5.41) is 14.8. The van der Waals surface area contributed by atoms with Gasteiger partial charge in [-0.05, 0) is 31.2 Å². The maximum absolute atomic E-state index is 12.3. The smallest absolute Gasteiger partial charge is 0.253 e. The molecular weight excluding hydrogens is 410 g/mol. The van der Waals surface area contributed by atoms with Crippen LogP contribution in [0.25, 0.3) is 0 Å². The molecular formula is C20H20ClN5O2S. The summed E-state index contributed by atoms with van der Waals surface area (Å²) in [6.45, 7) is 2.19. The lowest BCUT2D eigenvalue weighted by Crippen LogP contribution is -2.24. The number of carbonyl (C=O) groups is 2. The number of carbonyl (C=O) groups excluding carboxylic acids is 2. The van der Waals surface area contributed by atoms with Crippen molar-refractivity contribution < 1.29 is 9.59 Å². The largest absolute Gasteiger partial charge is 0.345 e. The zero-order valence-electron chi connectivity index (χ0n) is 16.0. The van der Waals surface area contributed by atoms with Gasteiger partial charge in [-0.15, -0.1) is 10.2 Å². The minimum Gasteiger partial charge on any atom is -0.345 e. The number of aryl methyl sites for hydroxylation is 1. The Kier molecular flexibility index (Phi) is 6.90. The highest BCUT2D eigenvalue weighted by molar-refractivity contribution is 7.99. The number of halogens is 1. The second-order valence-corrected chi connectivity index (χ2v) is 7.67. The van der Waals surface area contributed by atoms with E-state index in [-0.39, 0.29) is 24.1 Å². The summed E-state index contributed by atoms with van der Waals surface area (Å²) in [6, 6.07) is 14.4. The van der Waals surface area contributed by atoms with Gasteiger partial charge in [-0.3, -0.25) is 9.59 Å². The normalized spacial score (nSPS) is 10.6. The van der Waals surface area contributed by atoms with Gasteiger partial charge in [0.05, 0.1) is 22.9 Å². The third-order valence-electron chi connectivity index (χ3n) is 4.12. The van der Waals surface area contributed by atoms with Gasteiger partial charge >= 0.3 is 0 Å². The third-order valence-corrected chi connectivity index (χ3v) is 5.47. The minimum atomic E-state index is -0.287. The molecule has 3 aromatic rings. The summed E-state index contributed by atoms with van der Waals surface area (Å²) in [5.74, 6) is 0.360. The summed E-state index contributed by atoms with van der Waals surface area (Å²) in [5.41, 5.74) is 2.28. The number of amides is 2. The lowest BCUT2D eigenvalue weighted by Gasteiger charge is -2.07. The van der Waals surface area contributed by atoms with E-state index in [2.05, 4.69) is 20.8 Å². The number of aromatic nitrogens is 3. The standard InChI is InChI=1S/C20H20ClN5O2S/c1-13-7-9-14(10-8-13)23-18(27)12-29-20-25-24-17(26(20)2)11-22-19(28)15-5-3-4-6-16(15)21/h3-10H,11-12H2,1-2H3,(H,22,28)(H,23,27). The van der Waals surface area contributed by atoms with Gasteiger partial charge in [0, 0.05) is 12.7 Å². The number of hydrogen-bond donors (Lipinski definition) is 2. The molecule has 29 heavy (non-hydrogen) atoms. The minimum absolute atomic E-state index is 0.129. The Hall–Kier alpha value is -2.84. The van der Waals surface area contributed by atoms with E-state index in [9.17, 15) is 9.59 Å². The first-order valence-corrected chi connectivity index (χ1v) is 10.2. The van der Waals surface area contributed by atoms with E-state index >= 15 is 0 Å². The van der Waals surface area contributed by atoms with Crippen LogP contribution in [0.2, 0.25) is 5.02 Å². The van der Waals surface area contributed by atoms with E-state index in [0.29, 0.717) is 21.6 Å². The van der Waals surface area contributed by atoms with Crippen molar-refractivity contribution >= 4 is 40.9 Å². The molecule has 1 heterocycles. The van der Waals surface area contributed by atoms with Crippen LogP contribution >= 0.6 is 23.4 Å². The van der Waals surface area contributed by atoms with Crippen LogP contribution in [0.1, 0.15) is 21.7 Å². The fourth-order valence-electron chi connectivity index (χ4n) is 2.49. The van der Waals surface area contributed by atoms with Gasteiger partial charge in [-0.2, -0.15) is 0 Å². The van der Waals surface area contributed by atoms with E-state index in [4.69, 9.17) is 11.6 Å². The summed E-state index contributed by atoms with van der Waals surface area (Å²) in [7, 11) is 1.79. The quantitative estimate of drug-likeness (QED) is 0.561. The molecule has 0 unspecified atom stereocenters. The molecule has 0 aliphatic carbocycles. The highest BCUT2D eigenvalue weighted by Crippen LogP contribution is 2.17. The van der Waals surface area contributed by atoms with Crippen LogP contribution in [0.5, 0.6) is 0 Å². The number of anilines is 1. The van der Waals surface area contributed by atoms with Crippen molar-refractivity contribution in [2.75, 3.05) is 11.1 Å². The predicted octanol–water partition coefficient (Wildman–Crippen LogP) is 3.44. The van der Waals surface area contributed by atoms with Gasteiger partial charge in [-0.25, -0.2) is 0 Å². The lowest BCUT2D eigenvalue weighted by atomic mass is 10.2.